The largest absolute Gasteiger partial charge is 0.466 e. The third-order valence-corrected chi connectivity index (χ3v) is 7.04. The number of aliphatic hydroxyl groups is 2. The summed E-state index contributed by atoms with van der Waals surface area (Å²) in [6.45, 7) is 6.49. The van der Waals surface area contributed by atoms with Crippen LogP contribution in [0.2, 0.25) is 0 Å². The Labute approximate surface area is 199 Å². The topological polar surface area (TPSA) is 95.9 Å². The number of hydrogen-bond donors (Lipinski definition) is 3. The van der Waals surface area contributed by atoms with Gasteiger partial charge in [0.2, 0.25) is 5.91 Å². The Kier molecular flexibility index (Phi) is 11.6. The van der Waals surface area contributed by atoms with Crippen LogP contribution in [0.15, 0.2) is 23.8 Å². The first-order valence-electron chi connectivity index (χ1n) is 12.9. The summed E-state index contributed by atoms with van der Waals surface area (Å²) in [4.78, 5) is 23.2. The number of fused-ring (bicyclic) bond motifs is 1. The molecule has 6 heteroatoms. The highest BCUT2D eigenvalue weighted by atomic mass is 16.5. The first-order chi connectivity index (χ1) is 15.8. The van der Waals surface area contributed by atoms with Gasteiger partial charge in [-0.1, -0.05) is 43.6 Å². The number of esters is 1. The standard InChI is InChI=1S/C27H45NO5/c1-4-6-14-27(3,32)15-9-11-22-23-18-20(17-21(23)19-24(22)29)10-7-8-12-25(30)28-16-13-26(31)33-5-2/h9,11,17,21-24,29,32H,4-8,10,12-16,18-19H2,1-3H3,(H,28,30)/b11-9+/t21?,22-,23+,24-,27+/m1/s1. The van der Waals surface area contributed by atoms with Crippen molar-refractivity contribution in [2.45, 2.75) is 103 Å². The molecule has 2 aliphatic carbocycles. The van der Waals surface area contributed by atoms with Gasteiger partial charge in [-0.15, -0.1) is 0 Å². The van der Waals surface area contributed by atoms with E-state index < -0.39 is 5.60 Å². The predicted octanol–water partition coefficient (Wildman–Crippen LogP) is 4.45. The van der Waals surface area contributed by atoms with Gasteiger partial charge < -0.3 is 20.3 Å². The highest BCUT2D eigenvalue weighted by molar-refractivity contribution is 5.76. The number of hydrogen-bond acceptors (Lipinski definition) is 5. The third-order valence-electron chi connectivity index (χ3n) is 7.04. The zero-order chi connectivity index (χ0) is 24.3. The van der Waals surface area contributed by atoms with E-state index in [-0.39, 0.29) is 30.3 Å². The summed E-state index contributed by atoms with van der Waals surface area (Å²) in [6.07, 6.45) is 15.2. The number of carbonyl (C=O) groups excluding carboxylic acids is 2. The summed E-state index contributed by atoms with van der Waals surface area (Å²) in [5, 5.41) is 23.8. The fraction of sp³-hybridized carbons (Fsp3) is 0.778. The second kappa shape index (κ2) is 13.9. The van der Waals surface area contributed by atoms with E-state index in [4.69, 9.17) is 4.74 Å². The van der Waals surface area contributed by atoms with Gasteiger partial charge >= 0.3 is 5.97 Å². The van der Waals surface area contributed by atoms with Gasteiger partial charge in [-0.3, -0.25) is 9.59 Å². The molecule has 0 aromatic rings. The van der Waals surface area contributed by atoms with Crippen molar-refractivity contribution in [3.63, 3.8) is 0 Å². The normalized spacial score (nSPS) is 26.2. The Morgan fingerprint density at radius 1 is 1.24 bits per heavy atom. The van der Waals surface area contributed by atoms with E-state index in [1.807, 2.05) is 6.92 Å². The molecule has 1 fully saturated rings. The monoisotopic (exact) mass is 463 g/mol. The van der Waals surface area contributed by atoms with E-state index in [0.717, 1.165) is 51.4 Å². The van der Waals surface area contributed by atoms with E-state index in [1.165, 1.54) is 5.57 Å². The van der Waals surface area contributed by atoms with Crippen LogP contribution in [0.3, 0.4) is 0 Å². The molecule has 0 heterocycles. The van der Waals surface area contributed by atoms with Crippen molar-refractivity contribution in [1.82, 2.24) is 5.32 Å². The second-order valence-electron chi connectivity index (χ2n) is 10.1. The second-order valence-corrected chi connectivity index (χ2v) is 10.1. The molecule has 0 aromatic carbocycles. The van der Waals surface area contributed by atoms with Crippen LogP contribution in [0.4, 0.5) is 0 Å². The molecule has 1 unspecified atom stereocenters. The number of unbranched alkanes of at least 4 members (excludes halogenated alkanes) is 2. The Morgan fingerprint density at radius 2 is 2.03 bits per heavy atom. The van der Waals surface area contributed by atoms with E-state index in [0.29, 0.717) is 37.8 Å². The third kappa shape index (κ3) is 9.62. The highest BCUT2D eigenvalue weighted by Crippen LogP contribution is 2.48. The summed E-state index contributed by atoms with van der Waals surface area (Å²) < 4.78 is 4.85. The van der Waals surface area contributed by atoms with Gasteiger partial charge in [-0.2, -0.15) is 0 Å². The Hall–Kier alpha value is -1.66. The van der Waals surface area contributed by atoms with Crippen LogP contribution in [0.5, 0.6) is 0 Å². The number of carbonyl (C=O) groups is 2. The number of allylic oxidation sites excluding steroid dienone is 2. The molecule has 5 atom stereocenters. The van der Waals surface area contributed by atoms with Crippen molar-refractivity contribution in [1.29, 1.82) is 0 Å². The van der Waals surface area contributed by atoms with Gasteiger partial charge in [0.1, 0.15) is 0 Å². The lowest BCUT2D eigenvalue weighted by Gasteiger charge is -2.22. The lowest BCUT2D eigenvalue weighted by Crippen LogP contribution is -2.26. The summed E-state index contributed by atoms with van der Waals surface area (Å²) in [6, 6.07) is 0. The summed E-state index contributed by atoms with van der Waals surface area (Å²) >= 11 is 0. The summed E-state index contributed by atoms with van der Waals surface area (Å²) in [5.41, 5.74) is 0.785. The number of ether oxygens (including phenoxy) is 1. The van der Waals surface area contributed by atoms with E-state index in [2.05, 4.69) is 30.5 Å². The van der Waals surface area contributed by atoms with Crippen molar-refractivity contribution in [2.75, 3.05) is 13.2 Å². The molecular weight excluding hydrogens is 418 g/mol. The van der Waals surface area contributed by atoms with E-state index >= 15 is 0 Å². The van der Waals surface area contributed by atoms with Crippen LogP contribution in [0.1, 0.15) is 91.4 Å². The summed E-state index contributed by atoms with van der Waals surface area (Å²) in [7, 11) is 0. The average Bonchev–Trinajstić information content (AvgIpc) is 3.27. The molecule has 0 aromatic heterocycles. The van der Waals surface area contributed by atoms with Crippen molar-refractivity contribution in [3.8, 4) is 0 Å². The zero-order valence-electron chi connectivity index (χ0n) is 20.9. The summed E-state index contributed by atoms with van der Waals surface area (Å²) in [5.74, 6) is 0.765. The van der Waals surface area contributed by atoms with Gasteiger partial charge in [0.15, 0.2) is 0 Å². The quantitative estimate of drug-likeness (QED) is 0.189. The molecule has 1 saturated carbocycles. The van der Waals surface area contributed by atoms with Gasteiger partial charge in [-0.25, -0.2) is 0 Å². The van der Waals surface area contributed by atoms with Gasteiger partial charge in [0.05, 0.1) is 24.7 Å². The molecular formula is C27H45NO5. The van der Waals surface area contributed by atoms with Gasteiger partial charge in [0.25, 0.3) is 0 Å². The van der Waals surface area contributed by atoms with Crippen molar-refractivity contribution in [2.24, 2.45) is 17.8 Å². The van der Waals surface area contributed by atoms with Crippen molar-refractivity contribution < 1.29 is 24.5 Å². The molecule has 0 aliphatic heterocycles. The molecule has 0 saturated heterocycles. The minimum absolute atomic E-state index is 0.0142. The Bertz CT molecular complexity index is 684. The maximum atomic E-state index is 11.9. The maximum absolute atomic E-state index is 11.9. The molecule has 2 aliphatic rings. The van der Waals surface area contributed by atoms with E-state index in [9.17, 15) is 19.8 Å². The minimum atomic E-state index is -0.667. The lowest BCUT2D eigenvalue weighted by molar-refractivity contribution is -0.143. The Balaban J connectivity index is 1.67. The van der Waals surface area contributed by atoms with Crippen LogP contribution in [0.25, 0.3) is 0 Å². The number of nitrogens with one attached hydrogen (secondary N) is 1. The lowest BCUT2D eigenvalue weighted by atomic mass is 9.87. The average molecular weight is 464 g/mol. The highest BCUT2D eigenvalue weighted by Gasteiger charge is 2.43. The first kappa shape index (κ1) is 27.6. The SMILES string of the molecule is CCCC[C@](C)(O)C/C=C/[C@H]1[C@H](O)CC2C=C(CCCCC(=O)NCCC(=O)OCC)C[C@@H]21. The molecule has 2 rings (SSSR count). The molecule has 3 N–H and O–H groups in total. The smallest absolute Gasteiger partial charge is 0.307 e. The molecule has 188 valence electrons. The number of amides is 1. The Morgan fingerprint density at radius 3 is 2.76 bits per heavy atom. The fourth-order valence-electron chi connectivity index (χ4n) is 5.19. The molecule has 33 heavy (non-hydrogen) atoms. The number of aliphatic hydroxyl groups excluding tert-OH is 1. The van der Waals surface area contributed by atoms with Crippen LogP contribution < -0.4 is 5.32 Å². The molecule has 1 amide bonds. The minimum Gasteiger partial charge on any atom is -0.466 e. The van der Waals surface area contributed by atoms with Crippen LogP contribution in [0, 0.1) is 17.8 Å². The van der Waals surface area contributed by atoms with Crippen LogP contribution in [-0.2, 0) is 14.3 Å². The molecule has 0 bridgehead atoms. The van der Waals surface area contributed by atoms with Crippen molar-refractivity contribution in [3.05, 3.63) is 23.8 Å². The maximum Gasteiger partial charge on any atom is 0.307 e. The van der Waals surface area contributed by atoms with Crippen molar-refractivity contribution >= 4 is 11.9 Å². The predicted molar refractivity (Wildman–Crippen MR) is 130 cm³/mol. The van der Waals surface area contributed by atoms with Crippen LogP contribution >= 0.6 is 0 Å². The first-order valence-corrected chi connectivity index (χ1v) is 12.9. The number of rotatable bonds is 15. The van der Waals surface area contributed by atoms with Gasteiger partial charge in [-0.05, 0) is 70.6 Å². The fourth-order valence-corrected chi connectivity index (χ4v) is 5.19. The molecule has 0 radical (unpaired) electrons. The van der Waals surface area contributed by atoms with Gasteiger partial charge in [0, 0.05) is 18.9 Å². The molecule has 0 spiro atoms. The zero-order valence-corrected chi connectivity index (χ0v) is 20.9. The molecule has 6 nitrogen and oxygen atoms in total. The van der Waals surface area contributed by atoms with Crippen LogP contribution in [-0.4, -0.2) is 46.9 Å². The van der Waals surface area contributed by atoms with E-state index in [1.54, 1.807) is 6.92 Å².